The van der Waals surface area contributed by atoms with Crippen LogP contribution in [0.1, 0.15) is 30.0 Å². The van der Waals surface area contributed by atoms with Crippen LogP contribution in [0.2, 0.25) is 0 Å². The zero-order chi connectivity index (χ0) is 24.6. The zero-order valence-electron chi connectivity index (χ0n) is 18.6. The van der Waals surface area contributed by atoms with Crippen molar-refractivity contribution in [2.24, 2.45) is 0 Å². The fourth-order valence-corrected chi connectivity index (χ4v) is 4.31. The standard InChI is InChI=1S/C24H23F4N7/c25-19-11-16(24(26,27)28)4-1-15(19)12-31-17-5-2-14(3-6-17)21-20-22(29)32-13-33-23(20)35(34-21)18-7-9-30-10-8-18/h1-6,11,13,18,30-31H,7-10,12H2,(H2,29,32,33). The molecule has 0 spiro atoms. The van der Waals surface area contributed by atoms with Gasteiger partial charge in [0.25, 0.3) is 0 Å². The van der Waals surface area contributed by atoms with E-state index in [2.05, 4.69) is 20.6 Å². The van der Waals surface area contributed by atoms with Crippen LogP contribution in [0, 0.1) is 5.82 Å². The first-order chi connectivity index (χ1) is 16.8. The van der Waals surface area contributed by atoms with E-state index in [4.69, 9.17) is 10.8 Å². The third kappa shape index (κ3) is 4.63. The van der Waals surface area contributed by atoms with Gasteiger partial charge in [0.05, 0.1) is 17.0 Å². The van der Waals surface area contributed by atoms with E-state index in [0.29, 0.717) is 34.3 Å². The molecule has 0 bridgehead atoms. The second-order valence-electron chi connectivity index (χ2n) is 8.47. The minimum Gasteiger partial charge on any atom is -0.383 e. The number of nitrogen functional groups attached to an aromatic ring is 1. The summed E-state index contributed by atoms with van der Waals surface area (Å²) in [6.45, 7) is 1.85. The van der Waals surface area contributed by atoms with Crippen LogP contribution in [0.15, 0.2) is 48.8 Å². The topological polar surface area (TPSA) is 93.7 Å². The molecule has 0 aliphatic carbocycles. The zero-order valence-corrected chi connectivity index (χ0v) is 18.6. The summed E-state index contributed by atoms with van der Waals surface area (Å²) in [4.78, 5) is 8.59. The molecule has 5 rings (SSSR count). The normalized spacial score (nSPS) is 15.0. The van der Waals surface area contributed by atoms with Gasteiger partial charge in [0.1, 0.15) is 23.7 Å². The van der Waals surface area contributed by atoms with Gasteiger partial charge in [-0.1, -0.05) is 18.2 Å². The Kier molecular flexibility index (Phi) is 6.01. The third-order valence-corrected chi connectivity index (χ3v) is 6.19. The van der Waals surface area contributed by atoms with E-state index in [1.54, 1.807) is 12.1 Å². The highest BCUT2D eigenvalue weighted by Gasteiger charge is 2.31. The Bertz CT molecular complexity index is 1340. The molecule has 1 aliphatic rings. The molecule has 2 aromatic heterocycles. The molecule has 1 saturated heterocycles. The van der Waals surface area contributed by atoms with Gasteiger partial charge in [-0.15, -0.1) is 0 Å². The van der Waals surface area contributed by atoms with Crippen LogP contribution in [-0.2, 0) is 12.7 Å². The van der Waals surface area contributed by atoms with Gasteiger partial charge in [-0.05, 0) is 50.2 Å². The molecule has 1 fully saturated rings. The molecule has 35 heavy (non-hydrogen) atoms. The Morgan fingerprint density at radius 3 is 2.49 bits per heavy atom. The average Bonchev–Trinajstić information content (AvgIpc) is 3.25. The second kappa shape index (κ2) is 9.14. The van der Waals surface area contributed by atoms with E-state index in [-0.39, 0.29) is 18.2 Å². The number of hydrogen-bond acceptors (Lipinski definition) is 6. The van der Waals surface area contributed by atoms with Crippen molar-refractivity contribution in [1.29, 1.82) is 0 Å². The number of piperidine rings is 1. The summed E-state index contributed by atoms with van der Waals surface area (Å²) in [6.07, 6.45) is -1.27. The number of benzene rings is 2. The van der Waals surface area contributed by atoms with Crippen LogP contribution in [0.4, 0.5) is 29.1 Å². The molecule has 0 amide bonds. The van der Waals surface area contributed by atoms with E-state index >= 15 is 0 Å². The molecule has 0 unspecified atom stereocenters. The van der Waals surface area contributed by atoms with Crippen molar-refractivity contribution in [3.05, 3.63) is 65.7 Å². The summed E-state index contributed by atoms with van der Waals surface area (Å²) < 4.78 is 54.3. The van der Waals surface area contributed by atoms with Crippen LogP contribution >= 0.6 is 0 Å². The van der Waals surface area contributed by atoms with Gasteiger partial charge in [0, 0.05) is 23.4 Å². The average molecular weight is 485 g/mol. The molecule has 0 radical (unpaired) electrons. The predicted molar refractivity (Wildman–Crippen MR) is 125 cm³/mol. The fraction of sp³-hybridized carbons (Fsp3) is 0.292. The summed E-state index contributed by atoms with van der Waals surface area (Å²) in [5.41, 5.74) is 8.19. The number of nitrogens with zero attached hydrogens (tertiary/aromatic N) is 4. The number of nitrogens with one attached hydrogen (secondary N) is 2. The van der Waals surface area contributed by atoms with Crippen molar-refractivity contribution < 1.29 is 17.6 Å². The molecule has 182 valence electrons. The molecular formula is C24H23F4N7. The first-order valence-electron chi connectivity index (χ1n) is 11.2. The molecule has 4 aromatic rings. The summed E-state index contributed by atoms with van der Waals surface area (Å²) >= 11 is 0. The van der Waals surface area contributed by atoms with Crippen molar-refractivity contribution in [2.75, 3.05) is 24.1 Å². The predicted octanol–water partition coefficient (Wildman–Crippen LogP) is 4.77. The van der Waals surface area contributed by atoms with Gasteiger partial charge in [-0.2, -0.15) is 18.3 Å². The molecule has 7 nitrogen and oxygen atoms in total. The van der Waals surface area contributed by atoms with Gasteiger partial charge in [0.15, 0.2) is 5.65 Å². The number of anilines is 2. The minimum atomic E-state index is -4.58. The van der Waals surface area contributed by atoms with E-state index in [1.807, 2.05) is 16.8 Å². The highest BCUT2D eigenvalue weighted by Crippen LogP contribution is 2.34. The Labute approximate surface area is 198 Å². The lowest BCUT2D eigenvalue weighted by Gasteiger charge is -2.23. The van der Waals surface area contributed by atoms with Gasteiger partial charge in [-0.25, -0.2) is 19.0 Å². The lowest BCUT2D eigenvalue weighted by Crippen LogP contribution is -2.30. The molecule has 1 aliphatic heterocycles. The van der Waals surface area contributed by atoms with Crippen LogP contribution in [-0.4, -0.2) is 32.8 Å². The number of nitrogens with two attached hydrogens (primary N) is 1. The fourth-order valence-electron chi connectivity index (χ4n) is 4.31. The van der Waals surface area contributed by atoms with Crippen LogP contribution < -0.4 is 16.4 Å². The smallest absolute Gasteiger partial charge is 0.383 e. The summed E-state index contributed by atoms with van der Waals surface area (Å²) in [7, 11) is 0. The highest BCUT2D eigenvalue weighted by molar-refractivity contribution is 5.98. The van der Waals surface area contributed by atoms with Crippen molar-refractivity contribution in [3.63, 3.8) is 0 Å². The Balaban J connectivity index is 1.38. The quantitative estimate of drug-likeness (QED) is 0.353. The number of halogens is 4. The molecule has 2 aromatic carbocycles. The molecule has 11 heteroatoms. The monoisotopic (exact) mass is 485 g/mol. The lowest BCUT2D eigenvalue weighted by molar-refractivity contribution is -0.137. The van der Waals surface area contributed by atoms with E-state index in [1.165, 1.54) is 6.33 Å². The molecule has 4 N–H and O–H groups in total. The molecule has 0 saturated carbocycles. The van der Waals surface area contributed by atoms with Gasteiger partial charge in [-0.3, -0.25) is 0 Å². The maximum Gasteiger partial charge on any atom is 0.416 e. The number of aromatic nitrogens is 4. The molecule has 0 atom stereocenters. The van der Waals surface area contributed by atoms with Crippen molar-refractivity contribution in [3.8, 4) is 11.3 Å². The lowest BCUT2D eigenvalue weighted by atomic mass is 10.1. The summed E-state index contributed by atoms with van der Waals surface area (Å²) in [6, 6.07) is 10.0. The third-order valence-electron chi connectivity index (χ3n) is 6.19. The number of alkyl halides is 3. The van der Waals surface area contributed by atoms with Gasteiger partial charge < -0.3 is 16.4 Å². The maximum atomic E-state index is 14.1. The van der Waals surface area contributed by atoms with Crippen LogP contribution in [0.25, 0.3) is 22.3 Å². The highest BCUT2D eigenvalue weighted by atomic mass is 19.4. The van der Waals surface area contributed by atoms with E-state index < -0.39 is 17.6 Å². The number of rotatable bonds is 5. The SMILES string of the molecule is Nc1ncnc2c1c(-c1ccc(NCc3ccc(C(F)(F)F)cc3F)cc1)nn2C1CCNCC1. The van der Waals surface area contributed by atoms with Crippen LogP contribution in [0.5, 0.6) is 0 Å². The Hall–Kier alpha value is -3.73. The second-order valence-corrected chi connectivity index (χ2v) is 8.47. The van der Waals surface area contributed by atoms with Gasteiger partial charge >= 0.3 is 6.18 Å². The van der Waals surface area contributed by atoms with Crippen molar-refractivity contribution in [1.82, 2.24) is 25.1 Å². The number of hydrogen-bond donors (Lipinski definition) is 3. The minimum absolute atomic E-state index is 0.0391. The summed E-state index contributed by atoms with van der Waals surface area (Å²) in [5.74, 6) is -0.556. The summed E-state index contributed by atoms with van der Waals surface area (Å²) in [5, 5.41) is 11.9. The van der Waals surface area contributed by atoms with E-state index in [9.17, 15) is 17.6 Å². The van der Waals surface area contributed by atoms with E-state index in [0.717, 1.165) is 43.6 Å². The van der Waals surface area contributed by atoms with Gasteiger partial charge in [0.2, 0.25) is 0 Å². The molecule has 3 heterocycles. The van der Waals surface area contributed by atoms with Crippen molar-refractivity contribution in [2.45, 2.75) is 31.6 Å². The largest absolute Gasteiger partial charge is 0.416 e. The number of fused-ring (bicyclic) bond motifs is 1. The first-order valence-corrected chi connectivity index (χ1v) is 11.2. The Morgan fingerprint density at radius 1 is 1.06 bits per heavy atom. The van der Waals surface area contributed by atoms with Crippen molar-refractivity contribution >= 4 is 22.5 Å². The maximum absolute atomic E-state index is 14.1. The Morgan fingerprint density at radius 2 is 1.80 bits per heavy atom. The molecular weight excluding hydrogens is 462 g/mol. The first kappa shape index (κ1) is 23.0. The van der Waals surface area contributed by atoms with Crippen LogP contribution in [0.3, 0.4) is 0 Å².